The number of thioether (sulfide) groups is 1. The van der Waals surface area contributed by atoms with Gasteiger partial charge in [0.25, 0.3) is 9.70 Å². The number of nitrogens with zero attached hydrogens (tertiary/aromatic N) is 2. The van der Waals surface area contributed by atoms with Crippen LogP contribution >= 0.6 is 46.6 Å². The molecule has 3 atom stereocenters. The van der Waals surface area contributed by atoms with Crippen LogP contribution in [0.2, 0.25) is 0 Å². The minimum atomic E-state index is -2.02. The van der Waals surface area contributed by atoms with Crippen LogP contribution in [0.5, 0.6) is 0 Å². The second kappa shape index (κ2) is 13.8. The monoisotopic (exact) mass is 645 g/mol. The van der Waals surface area contributed by atoms with Crippen molar-refractivity contribution < 1.29 is 19.4 Å². The van der Waals surface area contributed by atoms with Gasteiger partial charge in [-0.25, -0.2) is 4.98 Å². The molecule has 7 nitrogen and oxygen atoms in total. The zero-order valence-corrected chi connectivity index (χ0v) is 25.8. The molecule has 0 spiro atoms. The minimum absolute atomic E-state index is 0.00474. The number of carbonyl (C=O) groups is 1. The molecule has 4 aromatic rings. The van der Waals surface area contributed by atoms with E-state index in [1.807, 2.05) is 90.6 Å². The van der Waals surface area contributed by atoms with E-state index in [0.717, 1.165) is 44.3 Å². The first-order valence-corrected chi connectivity index (χ1v) is 15.5. The van der Waals surface area contributed by atoms with Crippen molar-refractivity contribution in [3.8, 4) is 11.1 Å². The van der Waals surface area contributed by atoms with Crippen molar-refractivity contribution in [2.45, 2.75) is 47.0 Å². The zero-order chi connectivity index (χ0) is 29.7. The lowest BCUT2D eigenvalue weighted by Crippen LogP contribution is -2.34. The number of hydrogen-bond acceptors (Lipinski definition) is 6. The Labute approximate surface area is 264 Å². The van der Waals surface area contributed by atoms with E-state index in [-0.39, 0.29) is 25.4 Å². The first kappa shape index (κ1) is 30.9. The van der Waals surface area contributed by atoms with Crippen molar-refractivity contribution in [3.63, 3.8) is 0 Å². The number of halogens is 3. The Bertz CT molecular complexity index is 1490. The Morgan fingerprint density at radius 3 is 2.43 bits per heavy atom. The normalized spacial score (nSPS) is 19.0. The smallest absolute Gasteiger partial charge is 0.272 e. The fourth-order valence-corrected chi connectivity index (χ4v) is 5.88. The number of amides is 1. The number of aliphatic hydroxyl groups is 1. The van der Waals surface area contributed by atoms with E-state index in [1.54, 1.807) is 18.0 Å². The lowest BCUT2D eigenvalue weighted by Gasteiger charge is -2.36. The van der Waals surface area contributed by atoms with Gasteiger partial charge in [-0.3, -0.25) is 4.79 Å². The van der Waals surface area contributed by atoms with Crippen molar-refractivity contribution in [2.75, 3.05) is 5.75 Å². The first-order chi connectivity index (χ1) is 20.2. The van der Waals surface area contributed by atoms with Gasteiger partial charge in [0, 0.05) is 43.7 Å². The van der Waals surface area contributed by atoms with Crippen LogP contribution < -0.4 is 5.32 Å². The van der Waals surface area contributed by atoms with E-state index in [0.29, 0.717) is 6.42 Å². The number of carbonyl (C=O) groups excluding carboxylic acids is 1. The molecule has 2 heterocycles. The Balaban J connectivity index is 1.34. The van der Waals surface area contributed by atoms with Crippen LogP contribution in [-0.2, 0) is 34.5 Å². The highest BCUT2D eigenvalue weighted by Gasteiger charge is 2.33. The van der Waals surface area contributed by atoms with E-state index in [9.17, 15) is 9.90 Å². The highest BCUT2D eigenvalue weighted by molar-refractivity contribution is 7.99. The number of imidazole rings is 1. The number of aliphatic hydroxyl groups excluding tert-OH is 1. The molecule has 1 saturated heterocycles. The van der Waals surface area contributed by atoms with Crippen molar-refractivity contribution in [3.05, 3.63) is 107 Å². The van der Waals surface area contributed by atoms with Crippen LogP contribution in [0.4, 0.5) is 0 Å². The van der Waals surface area contributed by atoms with Crippen molar-refractivity contribution in [1.82, 2.24) is 14.9 Å². The maximum Gasteiger partial charge on any atom is 0.272 e. The number of ether oxygens (including phenoxy) is 2. The second-order valence-corrected chi connectivity index (χ2v) is 13.2. The third kappa shape index (κ3) is 7.68. The Morgan fingerprint density at radius 2 is 1.76 bits per heavy atom. The molecule has 1 aromatic heterocycles. The summed E-state index contributed by atoms with van der Waals surface area (Å²) in [6, 6.07) is 23.6. The maximum absolute atomic E-state index is 12.1. The molecule has 2 N–H and O–H groups in total. The van der Waals surface area contributed by atoms with Crippen molar-refractivity contribution in [1.29, 1.82) is 0 Å². The van der Waals surface area contributed by atoms with Gasteiger partial charge in [0.15, 0.2) is 11.4 Å². The van der Waals surface area contributed by atoms with Crippen LogP contribution in [0, 0.1) is 0 Å². The molecular weight excluding hydrogens is 617 g/mol. The van der Waals surface area contributed by atoms with Crippen LogP contribution in [0.1, 0.15) is 41.1 Å². The Kier molecular flexibility index (Phi) is 10.2. The number of hydrogen-bond donors (Lipinski definition) is 2. The van der Waals surface area contributed by atoms with E-state index in [1.165, 1.54) is 0 Å². The lowest BCUT2D eigenvalue weighted by molar-refractivity contribution is -0.245. The third-order valence-corrected chi connectivity index (χ3v) is 8.70. The molecule has 1 aliphatic heterocycles. The molecule has 42 heavy (non-hydrogen) atoms. The summed E-state index contributed by atoms with van der Waals surface area (Å²) in [7, 11) is 1.98. The van der Waals surface area contributed by atoms with Gasteiger partial charge in [-0.15, -0.1) is 0 Å². The molecule has 1 amide bonds. The number of aromatic nitrogens is 2. The molecule has 3 aromatic carbocycles. The zero-order valence-electron chi connectivity index (χ0n) is 22.8. The van der Waals surface area contributed by atoms with Gasteiger partial charge in [-0.05, 0) is 27.8 Å². The number of alkyl halides is 3. The second-order valence-electron chi connectivity index (χ2n) is 9.94. The molecule has 0 aliphatic carbocycles. The van der Waals surface area contributed by atoms with Gasteiger partial charge in [-0.2, -0.15) is 0 Å². The van der Waals surface area contributed by atoms with Gasteiger partial charge < -0.3 is 24.5 Å². The average Bonchev–Trinajstić information content (AvgIpc) is 3.42. The lowest BCUT2D eigenvalue weighted by atomic mass is 9.98. The van der Waals surface area contributed by atoms with Crippen LogP contribution in [0.3, 0.4) is 0 Å². The number of nitrogens with one attached hydrogen (secondary N) is 1. The van der Waals surface area contributed by atoms with E-state index in [4.69, 9.17) is 44.3 Å². The minimum Gasteiger partial charge on any atom is -0.392 e. The molecule has 1 aliphatic rings. The topological polar surface area (TPSA) is 85.6 Å². The highest BCUT2D eigenvalue weighted by atomic mass is 35.6. The molecule has 0 radical (unpaired) electrons. The van der Waals surface area contributed by atoms with Gasteiger partial charge in [0.05, 0.1) is 18.8 Å². The third-order valence-electron chi connectivity index (χ3n) is 7.00. The summed E-state index contributed by atoms with van der Waals surface area (Å²) in [5, 5.41) is 13.1. The van der Waals surface area contributed by atoms with Crippen LogP contribution in [0.15, 0.2) is 90.3 Å². The summed E-state index contributed by atoms with van der Waals surface area (Å²) in [4.78, 5) is 16.5. The SMILES string of the molecule is Cn1ccnc1SC[C@@H]1C[C@H](c2ccc(CO)cc2)O[C@H](c2ccc(-c3ccccc3CNC(=O)C(Cl)(Cl)Cl)cc2)O1. The predicted molar refractivity (Wildman–Crippen MR) is 166 cm³/mol. The van der Waals surface area contributed by atoms with Gasteiger partial charge in [-0.1, -0.05) is 119 Å². The van der Waals surface area contributed by atoms with Gasteiger partial charge >= 0.3 is 0 Å². The van der Waals surface area contributed by atoms with E-state index in [2.05, 4.69) is 10.3 Å². The van der Waals surface area contributed by atoms with Crippen molar-refractivity contribution >= 4 is 52.5 Å². The van der Waals surface area contributed by atoms with Crippen molar-refractivity contribution in [2.24, 2.45) is 7.05 Å². The summed E-state index contributed by atoms with van der Waals surface area (Å²) >= 11 is 18.8. The Morgan fingerprint density at radius 1 is 1.05 bits per heavy atom. The van der Waals surface area contributed by atoms with Gasteiger partial charge in [0.2, 0.25) is 0 Å². The average molecular weight is 647 g/mol. The predicted octanol–water partition coefficient (Wildman–Crippen LogP) is 6.90. The Hall–Kier alpha value is -2.56. The first-order valence-electron chi connectivity index (χ1n) is 13.3. The molecule has 0 saturated carbocycles. The summed E-state index contributed by atoms with van der Waals surface area (Å²) < 4.78 is 12.9. The molecule has 0 bridgehead atoms. The molecular formula is C31H30Cl3N3O4S. The van der Waals surface area contributed by atoms with Crippen LogP contribution in [-0.4, -0.2) is 36.2 Å². The largest absolute Gasteiger partial charge is 0.392 e. The summed E-state index contributed by atoms with van der Waals surface area (Å²) in [6.07, 6.45) is 3.59. The molecule has 11 heteroatoms. The molecule has 1 fully saturated rings. The highest BCUT2D eigenvalue weighted by Crippen LogP contribution is 2.40. The number of aryl methyl sites for hydroxylation is 1. The maximum atomic E-state index is 12.1. The van der Waals surface area contributed by atoms with Crippen LogP contribution in [0.25, 0.3) is 11.1 Å². The summed E-state index contributed by atoms with van der Waals surface area (Å²) in [6.45, 7) is 0.209. The summed E-state index contributed by atoms with van der Waals surface area (Å²) in [5.41, 5.74) is 5.58. The fourth-order valence-electron chi connectivity index (χ4n) is 4.73. The molecule has 0 unspecified atom stereocenters. The molecule has 5 rings (SSSR count). The standard InChI is InChI=1S/C31H30Cl3N3O4S/c1-37-15-14-35-30(37)42-19-25-16-27(22-8-6-20(18-38)7-9-22)41-28(40-25)23-12-10-21(11-13-23)26-5-3-2-4-24(26)17-36-29(39)31(32,33)34/h2-15,25,27-28,38H,16-19H2,1H3,(H,36,39)/t25-,27+,28+/m0/s1. The number of benzene rings is 3. The number of rotatable bonds is 9. The van der Waals surface area contributed by atoms with Gasteiger partial charge in [0.1, 0.15) is 0 Å². The summed E-state index contributed by atoms with van der Waals surface area (Å²) in [5.74, 6) is 0.0434. The van der Waals surface area contributed by atoms with E-state index < -0.39 is 16.0 Å². The van der Waals surface area contributed by atoms with E-state index >= 15 is 0 Å². The molecule has 220 valence electrons. The fraction of sp³-hybridized carbons (Fsp3) is 0.290. The quantitative estimate of drug-likeness (QED) is 0.152.